The Labute approximate surface area is 107 Å². The van der Waals surface area contributed by atoms with Crippen LogP contribution in [0.15, 0.2) is 24.3 Å². The van der Waals surface area contributed by atoms with Crippen LogP contribution in [0.25, 0.3) is 0 Å². The maximum Gasteiger partial charge on any atom is 0.256 e. The Bertz CT molecular complexity index is 453. The Hall–Kier alpha value is -1.42. The Morgan fingerprint density at radius 3 is 2.35 bits per heavy atom. The van der Waals surface area contributed by atoms with Crippen LogP contribution in [0.4, 0.5) is 5.69 Å². The summed E-state index contributed by atoms with van der Waals surface area (Å²) in [5, 5.41) is 3.57. The number of hydrogen-bond donors (Lipinski definition) is 1. The van der Waals surface area contributed by atoms with E-state index in [2.05, 4.69) is 5.32 Å². The van der Waals surface area contributed by atoms with Gasteiger partial charge in [-0.05, 0) is 37.2 Å². The number of carbonyl (C=O) groups excluding carboxylic acids is 1. The smallest absolute Gasteiger partial charge is 0.256 e. The number of amides is 1. The molecule has 1 saturated heterocycles. The van der Waals surface area contributed by atoms with Gasteiger partial charge in [-0.3, -0.25) is 9.69 Å². The molecule has 1 aliphatic heterocycles. The minimum absolute atomic E-state index is 0.0360. The summed E-state index contributed by atoms with van der Waals surface area (Å²) in [4.78, 5) is 13.8. The molecule has 1 aliphatic rings. The summed E-state index contributed by atoms with van der Waals surface area (Å²) in [7, 11) is 0. The summed E-state index contributed by atoms with van der Waals surface area (Å²) >= 11 is 5.22. The minimum Gasteiger partial charge on any atom is -0.350 e. The van der Waals surface area contributed by atoms with Crippen molar-refractivity contribution in [2.45, 2.75) is 26.8 Å². The number of hydrogen-bond acceptors (Lipinski definition) is 2. The third-order valence-electron chi connectivity index (χ3n) is 2.93. The predicted molar refractivity (Wildman–Crippen MR) is 73.0 cm³/mol. The first-order valence-corrected chi connectivity index (χ1v) is 6.12. The van der Waals surface area contributed by atoms with Gasteiger partial charge in [0.1, 0.15) is 6.04 Å². The van der Waals surface area contributed by atoms with Crippen LogP contribution in [0.2, 0.25) is 0 Å². The quantitative estimate of drug-likeness (QED) is 0.815. The number of aryl methyl sites for hydroxylation is 1. The Morgan fingerprint density at radius 1 is 1.29 bits per heavy atom. The molecule has 1 N–H and O–H groups in total. The zero-order chi connectivity index (χ0) is 12.6. The van der Waals surface area contributed by atoms with Gasteiger partial charge < -0.3 is 5.32 Å². The zero-order valence-corrected chi connectivity index (χ0v) is 11.0. The van der Waals surface area contributed by atoms with Crippen molar-refractivity contribution < 1.29 is 4.79 Å². The highest BCUT2D eigenvalue weighted by molar-refractivity contribution is 7.80. The largest absolute Gasteiger partial charge is 0.350 e. The van der Waals surface area contributed by atoms with Crippen LogP contribution in [0, 0.1) is 12.8 Å². The lowest BCUT2D eigenvalue weighted by atomic mass is 10.0. The molecule has 0 radical (unpaired) electrons. The third-order valence-corrected chi connectivity index (χ3v) is 3.23. The number of carbonyl (C=O) groups is 1. The summed E-state index contributed by atoms with van der Waals surface area (Å²) in [5.74, 6) is 0.268. The second-order valence-electron chi connectivity index (χ2n) is 4.68. The fraction of sp³-hybridized carbons (Fsp3) is 0.385. The first kappa shape index (κ1) is 12.0. The van der Waals surface area contributed by atoms with Crippen LogP contribution in [0.1, 0.15) is 19.4 Å². The van der Waals surface area contributed by atoms with E-state index in [0.717, 1.165) is 5.69 Å². The van der Waals surface area contributed by atoms with Gasteiger partial charge in [0.2, 0.25) is 0 Å². The summed E-state index contributed by atoms with van der Waals surface area (Å²) in [6.45, 7) is 6.04. The van der Waals surface area contributed by atoms with E-state index >= 15 is 0 Å². The average molecular weight is 248 g/mol. The molecule has 1 aromatic carbocycles. The molecule has 1 unspecified atom stereocenters. The van der Waals surface area contributed by atoms with Crippen LogP contribution < -0.4 is 10.2 Å². The van der Waals surface area contributed by atoms with Gasteiger partial charge in [0.15, 0.2) is 5.11 Å². The fourth-order valence-electron chi connectivity index (χ4n) is 1.89. The van der Waals surface area contributed by atoms with Gasteiger partial charge in [0.05, 0.1) is 5.69 Å². The molecule has 1 fully saturated rings. The van der Waals surface area contributed by atoms with Crippen molar-refractivity contribution in [2.75, 3.05) is 4.90 Å². The summed E-state index contributed by atoms with van der Waals surface area (Å²) in [6.07, 6.45) is 0. The maximum absolute atomic E-state index is 12.2. The first-order chi connectivity index (χ1) is 8.00. The van der Waals surface area contributed by atoms with Crippen molar-refractivity contribution in [1.82, 2.24) is 5.32 Å². The molecule has 2 rings (SSSR count). The van der Waals surface area contributed by atoms with Crippen LogP contribution in [-0.2, 0) is 4.79 Å². The van der Waals surface area contributed by atoms with Gasteiger partial charge in [-0.15, -0.1) is 0 Å². The monoisotopic (exact) mass is 248 g/mol. The second kappa shape index (κ2) is 4.45. The van der Waals surface area contributed by atoms with Gasteiger partial charge in [0.25, 0.3) is 5.91 Å². The minimum atomic E-state index is -0.205. The number of rotatable bonds is 2. The topological polar surface area (TPSA) is 32.3 Å². The number of anilines is 1. The molecular weight excluding hydrogens is 232 g/mol. The average Bonchev–Trinajstić information content (AvgIpc) is 2.56. The number of nitrogens with zero attached hydrogens (tertiary/aromatic N) is 1. The molecule has 1 atom stereocenters. The van der Waals surface area contributed by atoms with Gasteiger partial charge >= 0.3 is 0 Å². The molecule has 4 heteroatoms. The zero-order valence-electron chi connectivity index (χ0n) is 10.2. The summed E-state index contributed by atoms with van der Waals surface area (Å²) < 4.78 is 0. The van der Waals surface area contributed by atoms with E-state index in [1.54, 1.807) is 4.90 Å². The molecule has 1 heterocycles. The van der Waals surface area contributed by atoms with Crippen molar-refractivity contribution in [3.8, 4) is 0 Å². The van der Waals surface area contributed by atoms with E-state index in [1.807, 2.05) is 45.0 Å². The normalized spacial score (nSPS) is 20.0. The molecule has 90 valence electrons. The summed E-state index contributed by atoms with van der Waals surface area (Å²) in [5.41, 5.74) is 2.00. The van der Waals surface area contributed by atoms with Crippen molar-refractivity contribution in [3.05, 3.63) is 29.8 Å². The highest BCUT2D eigenvalue weighted by Gasteiger charge is 2.37. The van der Waals surface area contributed by atoms with Crippen molar-refractivity contribution in [3.63, 3.8) is 0 Å². The number of benzene rings is 1. The molecule has 0 aromatic heterocycles. The predicted octanol–water partition coefficient (Wildman–Crippen LogP) is 2.24. The molecule has 1 amide bonds. The fourth-order valence-corrected chi connectivity index (χ4v) is 2.21. The van der Waals surface area contributed by atoms with Crippen LogP contribution in [-0.4, -0.2) is 17.1 Å². The SMILES string of the molecule is Cc1ccc(N2C(=O)C(C(C)C)NC2=S)cc1. The molecule has 17 heavy (non-hydrogen) atoms. The standard InChI is InChI=1S/C13H16N2OS/c1-8(2)11-12(16)15(13(17)14-11)10-6-4-9(3)5-7-10/h4-8,11H,1-3H3,(H,14,17). The third kappa shape index (κ3) is 2.17. The van der Waals surface area contributed by atoms with Crippen LogP contribution in [0.3, 0.4) is 0 Å². The number of nitrogens with one attached hydrogen (secondary N) is 1. The molecule has 0 spiro atoms. The van der Waals surface area contributed by atoms with Gasteiger partial charge in [-0.25, -0.2) is 0 Å². The van der Waals surface area contributed by atoms with Crippen LogP contribution in [0.5, 0.6) is 0 Å². The van der Waals surface area contributed by atoms with Gasteiger partial charge in [-0.2, -0.15) is 0 Å². The molecule has 1 aromatic rings. The van der Waals surface area contributed by atoms with Crippen molar-refractivity contribution >= 4 is 28.9 Å². The molecule has 0 aliphatic carbocycles. The molecule has 0 bridgehead atoms. The van der Waals surface area contributed by atoms with E-state index in [-0.39, 0.29) is 17.9 Å². The summed E-state index contributed by atoms with van der Waals surface area (Å²) in [6, 6.07) is 7.60. The lowest BCUT2D eigenvalue weighted by Gasteiger charge is -2.15. The van der Waals surface area contributed by atoms with E-state index in [4.69, 9.17) is 12.2 Å². The Balaban J connectivity index is 2.30. The lowest BCUT2D eigenvalue weighted by molar-refractivity contribution is -0.119. The van der Waals surface area contributed by atoms with Crippen molar-refractivity contribution in [1.29, 1.82) is 0 Å². The highest BCUT2D eigenvalue weighted by atomic mass is 32.1. The molecule has 0 saturated carbocycles. The van der Waals surface area contributed by atoms with E-state index in [9.17, 15) is 4.79 Å². The van der Waals surface area contributed by atoms with Crippen LogP contribution >= 0.6 is 12.2 Å². The molecular formula is C13H16N2OS. The van der Waals surface area contributed by atoms with Gasteiger partial charge in [0, 0.05) is 0 Å². The van der Waals surface area contributed by atoms with E-state index in [0.29, 0.717) is 5.11 Å². The number of thiocarbonyl (C=S) groups is 1. The Morgan fingerprint density at radius 2 is 1.88 bits per heavy atom. The molecule has 3 nitrogen and oxygen atoms in total. The lowest BCUT2D eigenvalue weighted by Crippen LogP contribution is -2.34. The highest BCUT2D eigenvalue weighted by Crippen LogP contribution is 2.22. The van der Waals surface area contributed by atoms with Gasteiger partial charge in [-0.1, -0.05) is 31.5 Å². The first-order valence-electron chi connectivity index (χ1n) is 5.72. The van der Waals surface area contributed by atoms with E-state index < -0.39 is 0 Å². The van der Waals surface area contributed by atoms with Crippen molar-refractivity contribution in [2.24, 2.45) is 5.92 Å². The second-order valence-corrected chi connectivity index (χ2v) is 5.07. The van der Waals surface area contributed by atoms with E-state index in [1.165, 1.54) is 5.56 Å². The maximum atomic E-state index is 12.2. The Kier molecular flexibility index (Phi) is 3.15.